The van der Waals surface area contributed by atoms with Gasteiger partial charge in [0, 0.05) is 29.2 Å². The van der Waals surface area contributed by atoms with Gasteiger partial charge < -0.3 is 4.90 Å². The first-order valence-corrected chi connectivity index (χ1v) is 7.62. The van der Waals surface area contributed by atoms with E-state index in [4.69, 9.17) is 11.6 Å². The second kappa shape index (κ2) is 6.40. The van der Waals surface area contributed by atoms with E-state index in [0.29, 0.717) is 0 Å². The highest BCUT2D eigenvalue weighted by atomic mass is 79.9. The van der Waals surface area contributed by atoms with Crippen LogP contribution in [0.2, 0.25) is 5.02 Å². The molecule has 100 valence electrons. The molecule has 0 aliphatic carbocycles. The third-order valence-electron chi connectivity index (χ3n) is 3.28. The van der Waals surface area contributed by atoms with Crippen molar-refractivity contribution in [3.05, 3.63) is 58.7 Å². The predicted octanol–water partition coefficient (Wildman–Crippen LogP) is 4.83. The Hall–Kier alpha value is -1.06. The van der Waals surface area contributed by atoms with Crippen LogP contribution in [-0.2, 0) is 5.33 Å². The summed E-state index contributed by atoms with van der Waals surface area (Å²) in [7, 11) is 2.04. The van der Waals surface area contributed by atoms with Gasteiger partial charge in [0.25, 0.3) is 0 Å². The molecule has 0 radical (unpaired) electrons. The number of benzene rings is 1. The normalized spacial score (nSPS) is 12.2. The highest BCUT2D eigenvalue weighted by Gasteiger charge is 2.17. The summed E-state index contributed by atoms with van der Waals surface area (Å²) in [6, 6.07) is 12.1. The predicted molar refractivity (Wildman–Crippen MR) is 85.1 cm³/mol. The lowest BCUT2D eigenvalue weighted by Crippen LogP contribution is -2.24. The summed E-state index contributed by atoms with van der Waals surface area (Å²) in [6.45, 7) is 2.13. The van der Waals surface area contributed by atoms with Gasteiger partial charge in [0.2, 0.25) is 0 Å². The van der Waals surface area contributed by atoms with Crippen LogP contribution in [0.4, 0.5) is 5.82 Å². The second-order valence-electron chi connectivity index (χ2n) is 4.43. The monoisotopic (exact) mass is 338 g/mol. The van der Waals surface area contributed by atoms with E-state index in [9.17, 15) is 0 Å². The minimum Gasteiger partial charge on any atom is -0.353 e. The summed E-state index contributed by atoms with van der Waals surface area (Å²) in [5.41, 5.74) is 2.28. The highest BCUT2D eigenvalue weighted by Crippen LogP contribution is 2.30. The number of hydrogen-bond acceptors (Lipinski definition) is 2. The Labute approximate surface area is 127 Å². The Kier molecular flexibility index (Phi) is 4.83. The summed E-state index contributed by atoms with van der Waals surface area (Å²) < 4.78 is 0. The molecular formula is C15H16BrClN2. The molecule has 1 atom stereocenters. The number of rotatable bonds is 4. The second-order valence-corrected chi connectivity index (χ2v) is 5.40. The zero-order chi connectivity index (χ0) is 13.8. The summed E-state index contributed by atoms with van der Waals surface area (Å²) >= 11 is 9.77. The van der Waals surface area contributed by atoms with Gasteiger partial charge in [-0.25, -0.2) is 4.98 Å². The van der Waals surface area contributed by atoms with E-state index in [-0.39, 0.29) is 6.04 Å². The van der Waals surface area contributed by atoms with Crippen molar-refractivity contribution in [3.8, 4) is 0 Å². The zero-order valence-corrected chi connectivity index (χ0v) is 13.3. The molecule has 0 aliphatic heterocycles. The maximum atomic E-state index is 6.27. The molecule has 4 heteroatoms. The van der Waals surface area contributed by atoms with E-state index in [2.05, 4.69) is 44.9 Å². The number of nitrogens with zero attached hydrogens (tertiary/aromatic N) is 2. The third kappa shape index (κ3) is 3.10. The summed E-state index contributed by atoms with van der Waals surface area (Å²) in [6.07, 6.45) is 1.82. The highest BCUT2D eigenvalue weighted by molar-refractivity contribution is 9.08. The standard InChI is InChI=1S/C15H16BrClN2/c1-11(13-7-3-4-8-14(13)17)19(2)15-12(10-16)6-5-9-18-15/h3-9,11H,10H2,1-2H3. The van der Waals surface area contributed by atoms with Crippen molar-refractivity contribution < 1.29 is 0 Å². The van der Waals surface area contributed by atoms with Crippen molar-refractivity contribution in [3.63, 3.8) is 0 Å². The molecule has 1 aromatic carbocycles. The third-order valence-corrected chi connectivity index (χ3v) is 4.23. The van der Waals surface area contributed by atoms with E-state index < -0.39 is 0 Å². The van der Waals surface area contributed by atoms with Gasteiger partial charge in [0.1, 0.15) is 5.82 Å². The first-order chi connectivity index (χ1) is 9.15. The molecule has 0 fully saturated rings. The van der Waals surface area contributed by atoms with Crippen LogP contribution in [0.25, 0.3) is 0 Å². The number of anilines is 1. The van der Waals surface area contributed by atoms with Crippen LogP contribution in [0.1, 0.15) is 24.1 Å². The molecule has 0 amide bonds. The minimum atomic E-state index is 0.168. The van der Waals surface area contributed by atoms with Gasteiger partial charge in [-0.3, -0.25) is 0 Å². The molecule has 0 N–H and O–H groups in total. The van der Waals surface area contributed by atoms with E-state index in [1.165, 1.54) is 5.56 Å². The van der Waals surface area contributed by atoms with Crippen molar-refractivity contribution >= 4 is 33.3 Å². The Balaban J connectivity index is 2.34. The van der Waals surface area contributed by atoms with Gasteiger partial charge in [-0.05, 0) is 24.6 Å². The molecule has 0 saturated carbocycles. The van der Waals surface area contributed by atoms with Crippen molar-refractivity contribution in [1.82, 2.24) is 4.98 Å². The van der Waals surface area contributed by atoms with Gasteiger partial charge in [-0.2, -0.15) is 0 Å². The zero-order valence-electron chi connectivity index (χ0n) is 11.0. The van der Waals surface area contributed by atoms with E-state index in [1.54, 1.807) is 0 Å². The molecule has 0 spiro atoms. The molecule has 1 aromatic heterocycles. The van der Waals surface area contributed by atoms with Gasteiger partial charge in [-0.1, -0.05) is 51.8 Å². The minimum absolute atomic E-state index is 0.168. The van der Waals surface area contributed by atoms with Crippen molar-refractivity contribution in [2.45, 2.75) is 18.3 Å². The Morgan fingerprint density at radius 2 is 2.00 bits per heavy atom. The Morgan fingerprint density at radius 1 is 1.26 bits per heavy atom. The van der Waals surface area contributed by atoms with Crippen molar-refractivity contribution in [1.29, 1.82) is 0 Å². The van der Waals surface area contributed by atoms with Crippen LogP contribution in [0.5, 0.6) is 0 Å². The molecule has 2 aromatic rings. The summed E-state index contributed by atoms with van der Waals surface area (Å²) in [5, 5.41) is 1.58. The van der Waals surface area contributed by atoms with Crippen LogP contribution in [-0.4, -0.2) is 12.0 Å². The molecule has 1 unspecified atom stereocenters. The van der Waals surface area contributed by atoms with E-state index >= 15 is 0 Å². The van der Waals surface area contributed by atoms with Gasteiger partial charge in [0.05, 0.1) is 6.04 Å². The SMILES string of the molecule is CC(c1ccccc1Cl)N(C)c1ncccc1CBr. The maximum absolute atomic E-state index is 6.27. The van der Waals surface area contributed by atoms with Crippen molar-refractivity contribution in [2.24, 2.45) is 0 Å². The molecule has 0 aliphatic rings. The maximum Gasteiger partial charge on any atom is 0.132 e. The molecule has 1 heterocycles. The number of pyridine rings is 1. The quantitative estimate of drug-likeness (QED) is 0.742. The lowest BCUT2D eigenvalue weighted by atomic mass is 10.1. The number of aromatic nitrogens is 1. The molecule has 0 bridgehead atoms. The average molecular weight is 340 g/mol. The Bertz CT molecular complexity index is 559. The van der Waals surface area contributed by atoms with Crippen molar-refractivity contribution in [2.75, 3.05) is 11.9 Å². The summed E-state index contributed by atoms with van der Waals surface area (Å²) in [5.74, 6) is 0.979. The Morgan fingerprint density at radius 3 is 2.68 bits per heavy atom. The lowest BCUT2D eigenvalue weighted by molar-refractivity contribution is 0.726. The smallest absolute Gasteiger partial charge is 0.132 e. The molecule has 19 heavy (non-hydrogen) atoms. The van der Waals surface area contributed by atoms with Gasteiger partial charge in [-0.15, -0.1) is 0 Å². The van der Waals surface area contributed by atoms with E-state index in [0.717, 1.165) is 21.7 Å². The van der Waals surface area contributed by atoms with Crippen LogP contribution in [0, 0.1) is 0 Å². The first kappa shape index (κ1) is 14.4. The number of hydrogen-bond donors (Lipinski definition) is 0. The van der Waals surface area contributed by atoms with Crippen LogP contribution in [0.3, 0.4) is 0 Å². The van der Waals surface area contributed by atoms with Gasteiger partial charge >= 0.3 is 0 Å². The molecule has 2 rings (SSSR count). The topological polar surface area (TPSA) is 16.1 Å². The van der Waals surface area contributed by atoms with Gasteiger partial charge in [0.15, 0.2) is 0 Å². The molecule has 0 saturated heterocycles. The van der Waals surface area contributed by atoms with Crippen LogP contribution in [0.15, 0.2) is 42.6 Å². The fraction of sp³-hybridized carbons (Fsp3) is 0.267. The number of halogens is 2. The summed E-state index contributed by atoms with van der Waals surface area (Å²) in [4.78, 5) is 6.63. The average Bonchev–Trinajstić information content (AvgIpc) is 2.46. The van der Waals surface area contributed by atoms with E-state index in [1.807, 2.05) is 37.5 Å². The fourth-order valence-corrected chi connectivity index (χ4v) is 2.79. The molecule has 2 nitrogen and oxygen atoms in total. The first-order valence-electron chi connectivity index (χ1n) is 6.12. The largest absolute Gasteiger partial charge is 0.353 e. The fourth-order valence-electron chi connectivity index (χ4n) is 2.06. The molecular weight excluding hydrogens is 324 g/mol. The van der Waals surface area contributed by atoms with Crippen LogP contribution >= 0.6 is 27.5 Å². The number of alkyl halides is 1. The lowest BCUT2D eigenvalue weighted by Gasteiger charge is -2.28. The van der Waals surface area contributed by atoms with Crippen LogP contribution < -0.4 is 4.90 Å².